The summed E-state index contributed by atoms with van der Waals surface area (Å²) in [5.41, 5.74) is 1.88. The molecule has 0 fully saturated rings. The number of ether oxygens (including phenoxy) is 1. The molecule has 6 nitrogen and oxygen atoms in total. The maximum absolute atomic E-state index is 12.5. The topological polar surface area (TPSA) is 66.9 Å². The maximum Gasteiger partial charge on any atom is 0.261 e. The van der Waals surface area contributed by atoms with Crippen LogP contribution in [0.1, 0.15) is 52.1 Å². The summed E-state index contributed by atoms with van der Waals surface area (Å²) in [6.07, 6.45) is 0.703. The lowest BCUT2D eigenvalue weighted by Gasteiger charge is -2.26. The van der Waals surface area contributed by atoms with Crippen molar-refractivity contribution in [1.29, 1.82) is 0 Å². The monoisotopic (exact) mass is 380 g/mol. The number of nitrogens with zero attached hydrogens (tertiary/aromatic N) is 2. The molecule has 146 valence electrons. The lowest BCUT2D eigenvalue weighted by atomic mass is 10.1. The van der Waals surface area contributed by atoms with E-state index in [1.54, 1.807) is 43.3 Å². The van der Waals surface area contributed by atoms with E-state index in [-0.39, 0.29) is 36.7 Å². The van der Waals surface area contributed by atoms with E-state index >= 15 is 0 Å². The van der Waals surface area contributed by atoms with Crippen LogP contribution in [-0.2, 0) is 4.79 Å². The van der Waals surface area contributed by atoms with Gasteiger partial charge in [-0.05, 0) is 43.2 Å². The Labute approximate surface area is 164 Å². The first-order chi connectivity index (χ1) is 13.4. The summed E-state index contributed by atoms with van der Waals surface area (Å²) in [5, 5.41) is 0. The van der Waals surface area contributed by atoms with E-state index in [0.717, 1.165) is 11.3 Å². The van der Waals surface area contributed by atoms with E-state index in [1.807, 2.05) is 31.2 Å². The number of hydrogen-bond donors (Lipinski definition) is 0. The van der Waals surface area contributed by atoms with Crippen molar-refractivity contribution in [2.75, 3.05) is 20.7 Å². The summed E-state index contributed by atoms with van der Waals surface area (Å²) in [4.78, 5) is 40.2. The Kier molecular flexibility index (Phi) is 5.78. The summed E-state index contributed by atoms with van der Waals surface area (Å²) in [6, 6.07) is 14.3. The molecule has 0 radical (unpaired) electrons. The largest absolute Gasteiger partial charge is 0.497 e. The second kappa shape index (κ2) is 8.25. The molecule has 0 bridgehead atoms. The molecule has 0 saturated carbocycles. The molecule has 3 amide bonds. The molecule has 0 aromatic heterocycles. The van der Waals surface area contributed by atoms with E-state index in [0.29, 0.717) is 17.5 Å². The first-order valence-electron chi connectivity index (χ1n) is 9.29. The van der Waals surface area contributed by atoms with Gasteiger partial charge in [0, 0.05) is 20.0 Å². The first kappa shape index (κ1) is 19.6. The third kappa shape index (κ3) is 3.76. The molecule has 0 saturated heterocycles. The third-order valence-electron chi connectivity index (χ3n) is 5.22. The van der Waals surface area contributed by atoms with Gasteiger partial charge in [-0.25, -0.2) is 0 Å². The van der Waals surface area contributed by atoms with Gasteiger partial charge in [0.1, 0.15) is 5.75 Å². The minimum absolute atomic E-state index is 0.0278. The van der Waals surface area contributed by atoms with E-state index in [2.05, 4.69) is 0 Å². The Balaban J connectivity index is 1.54. The quantitative estimate of drug-likeness (QED) is 0.692. The second-order valence-corrected chi connectivity index (χ2v) is 6.86. The highest BCUT2D eigenvalue weighted by Gasteiger charge is 2.34. The number of fused-ring (bicyclic) bond motifs is 1. The van der Waals surface area contributed by atoms with Crippen LogP contribution in [-0.4, -0.2) is 48.2 Å². The predicted molar refractivity (Wildman–Crippen MR) is 105 cm³/mol. The molecule has 0 spiro atoms. The molecule has 0 N–H and O–H groups in total. The van der Waals surface area contributed by atoms with Crippen LogP contribution in [0, 0.1) is 0 Å². The standard InChI is InChI=1S/C22H24N2O4/c1-15(16-10-12-17(28-3)13-11-16)23(2)20(25)9-6-14-24-21(26)18-7-4-5-8-19(18)22(24)27/h4-5,7-8,10-13,15H,6,9,14H2,1-3H3. The van der Waals surface area contributed by atoms with Gasteiger partial charge in [-0.3, -0.25) is 19.3 Å². The minimum Gasteiger partial charge on any atom is -0.497 e. The Morgan fingerprint density at radius 1 is 1.04 bits per heavy atom. The van der Waals surface area contributed by atoms with Gasteiger partial charge in [-0.1, -0.05) is 24.3 Å². The third-order valence-corrected chi connectivity index (χ3v) is 5.22. The van der Waals surface area contributed by atoms with Crippen LogP contribution in [0.4, 0.5) is 0 Å². The predicted octanol–water partition coefficient (Wildman–Crippen LogP) is 3.29. The molecular formula is C22H24N2O4. The average molecular weight is 380 g/mol. The Morgan fingerprint density at radius 2 is 1.61 bits per heavy atom. The number of methoxy groups -OCH3 is 1. The molecule has 0 aliphatic carbocycles. The van der Waals surface area contributed by atoms with E-state index < -0.39 is 0 Å². The highest BCUT2D eigenvalue weighted by molar-refractivity contribution is 6.21. The van der Waals surface area contributed by atoms with Gasteiger partial charge in [0.2, 0.25) is 5.91 Å². The molecule has 1 heterocycles. The summed E-state index contributed by atoms with van der Waals surface area (Å²) >= 11 is 0. The van der Waals surface area contributed by atoms with Crippen molar-refractivity contribution < 1.29 is 19.1 Å². The highest BCUT2D eigenvalue weighted by Crippen LogP contribution is 2.24. The van der Waals surface area contributed by atoms with Crippen molar-refractivity contribution >= 4 is 17.7 Å². The van der Waals surface area contributed by atoms with Crippen molar-refractivity contribution in [3.8, 4) is 5.75 Å². The Bertz CT molecular complexity index is 857. The van der Waals surface area contributed by atoms with Crippen LogP contribution in [0.5, 0.6) is 5.75 Å². The number of carbonyl (C=O) groups excluding carboxylic acids is 3. The van der Waals surface area contributed by atoms with Gasteiger partial charge in [-0.2, -0.15) is 0 Å². The van der Waals surface area contributed by atoms with Crippen LogP contribution in [0.25, 0.3) is 0 Å². The number of amides is 3. The van der Waals surface area contributed by atoms with Crippen LogP contribution in [0.2, 0.25) is 0 Å². The van der Waals surface area contributed by atoms with Crippen molar-refractivity contribution in [3.05, 3.63) is 65.2 Å². The molecule has 2 aromatic rings. The molecule has 1 aliphatic heterocycles. The fraction of sp³-hybridized carbons (Fsp3) is 0.318. The summed E-state index contributed by atoms with van der Waals surface area (Å²) in [5.74, 6) is 0.173. The Hall–Kier alpha value is -3.15. The van der Waals surface area contributed by atoms with Crippen LogP contribution in [0.3, 0.4) is 0 Å². The molecule has 3 rings (SSSR count). The van der Waals surface area contributed by atoms with E-state index in [9.17, 15) is 14.4 Å². The van der Waals surface area contributed by atoms with Gasteiger partial charge in [0.25, 0.3) is 11.8 Å². The number of hydrogen-bond acceptors (Lipinski definition) is 4. The average Bonchev–Trinajstić information content (AvgIpc) is 2.97. The SMILES string of the molecule is COc1ccc(C(C)N(C)C(=O)CCCN2C(=O)c3ccccc3C2=O)cc1. The summed E-state index contributed by atoms with van der Waals surface area (Å²) in [7, 11) is 3.38. The van der Waals surface area contributed by atoms with Crippen molar-refractivity contribution in [2.24, 2.45) is 0 Å². The molecule has 2 aromatic carbocycles. The number of carbonyl (C=O) groups is 3. The lowest BCUT2D eigenvalue weighted by Crippen LogP contribution is -2.33. The molecule has 28 heavy (non-hydrogen) atoms. The van der Waals surface area contributed by atoms with E-state index in [4.69, 9.17) is 4.74 Å². The fourth-order valence-electron chi connectivity index (χ4n) is 3.33. The molecule has 1 unspecified atom stereocenters. The van der Waals surface area contributed by atoms with Crippen molar-refractivity contribution in [2.45, 2.75) is 25.8 Å². The fourth-order valence-corrected chi connectivity index (χ4v) is 3.33. The minimum atomic E-state index is -0.284. The zero-order valence-corrected chi connectivity index (χ0v) is 16.3. The zero-order valence-electron chi connectivity index (χ0n) is 16.3. The summed E-state index contributed by atoms with van der Waals surface area (Å²) < 4.78 is 5.16. The molecule has 1 aliphatic rings. The van der Waals surface area contributed by atoms with Crippen LogP contribution >= 0.6 is 0 Å². The molecule has 6 heteroatoms. The second-order valence-electron chi connectivity index (χ2n) is 6.86. The van der Waals surface area contributed by atoms with E-state index in [1.165, 1.54) is 4.90 Å². The summed E-state index contributed by atoms with van der Waals surface area (Å²) in [6.45, 7) is 2.20. The molecule has 1 atom stereocenters. The Morgan fingerprint density at radius 3 is 2.14 bits per heavy atom. The zero-order chi connectivity index (χ0) is 20.3. The van der Waals surface area contributed by atoms with Gasteiger partial charge in [-0.15, -0.1) is 0 Å². The number of imide groups is 1. The van der Waals surface area contributed by atoms with Crippen LogP contribution in [0.15, 0.2) is 48.5 Å². The highest BCUT2D eigenvalue weighted by atomic mass is 16.5. The van der Waals surface area contributed by atoms with Crippen LogP contribution < -0.4 is 4.74 Å². The smallest absolute Gasteiger partial charge is 0.261 e. The van der Waals surface area contributed by atoms with Gasteiger partial charge in [0.05, 0.1) is 24.3 Å². The number of benzene rings is 2. The maximum atomic E-state index is 12.5. The first-order valence-corrected chi connectivity index (χ1v) is 9.29. The molecular weight excluding hydrogens is 356 g/mol. The van der Waals surface area contributed by atoms with Crippen molar-refractivity contribution in [3.63, 3.8) is 0 Å². The van der Waals surface area contributed by atoms with Gasteiger partial charge < -0.3 is 9.64 Å². The normalized spacial score (nSPS) is 14.0. The van der Waals surface area contributed by atoms with Gasteiger partial charge in [0.15, 0.2) is 0 Å². The van der Waals surface area contributed by atoms with Crippen molar-refractivity contribution in [1.82, 2.24) is 9.80 Å². The number of rotatable bonds is 7. The lowest BCUT2D eigenvalue weighted by molar-refractivity contribution is -0.132. The van der Waals surface area contributed by atoms with Gasteiger partial charge >= 0.3 is 0 Å².